The molecule has 2 heterocycles. The molecule has 0 saturated carbocycles. The van der Waals surface area contributed by atoms with E-state index in [1.807, 2.05) is 0 Å². The molecule has 1 aromatic carbocycles. The predicted octanol–water partition coefficient (Wildman–Crippen LogP) is 2.13. The van der Waals surface area contributed by atoms with Crippen molar-refractivity contribution in [1.29, 1.82) is 0 Å². The lowest BCUT2D eigenvalue weighted by Gasteiger charge is -2.52. The first kappa shape index (κ1) is 12.6. The highest BCUT2D eigenvalue weighted by atomic mass is 79.9. The number of hydrogen-bond acceptors (Lipinski definition) is 3. The van der Waals surface area contributed by atoms with Gasteiger partial charge in [0.25, 0.3) is 0 Å². The van der Waals surface area contributed by atoms with E-state index >= 15 is 0 Å². The molecule has 0 atom stereocenters. The third kappa shape index (κ3) is 2.11. The van der Waals surface area contributed by atoms with Gasteiger partial charge in [0.05, 0.1) is 24.9 Å². The fourth-order valence-electron chi connectivity index (χ4n) is 2.90. The minimum atomic E-state index is -0.123. The van der Waals surface area contributed by atoms with Crippen LogP contribution in [0.15, 0.2) is 28.7 Å². The molecule has 0 aromatic heterocycles. The highest BCUT2D eigenvalue weighted by Crippen LogP contribution is 2.38. The Morgan fingerprint density at radius 2 is 2.00 bits per heavy atom. The van der Waals surface area contributed by atoms with Crippen LogP contribution in [0.25, 0.3) is 0 Å². The van der Waals surface area contributed by atoms with E-state index in [2.05, 4.69) is 45.1 Å². The van der Waals surface area contributed by atoms with Crippen molar-refractivity contribution in [2.75, 3.05) is 26.3 Å². The van der Waals surface area contributed by atoms with E-state index in [0.717, 1.165) is 43.6 Å². The van der Waals surface area contributed by atoms with Gasteiger partial charge in [0.1, 0.15) is 0 Å². The first-order chi connectivity index (χ1) is 8.71. The van der Waals surface area contributed by atoms with Gasteiger partial charge in [-0.15, -0.1) is 0 Å². The summed E-state index contributed by atoms with van der Waals surface area (Å²) in [4.78, 5) is 2.48. The number of aliphatic hydroxyl groups excluding tert-OH is 1. The van der Waals surface area contributed by atoms with E-state index < -0.39 is 0 Å². The van der Waals surface area contributed by atoms with Crippen molar-refractivity contribution in [3.8, 4) is 0 Å². The maximum Gasteiger partial charge on any atom is 0.0934 e. The van der Waals surface area contributed by atoms with Crippen LogP contribution in [0.1, 0.15) is 18.4 Å². The lowest BCUT2D eigenvalue weighted by molar-refractivity contribution is -0.157. The normalized spacial score (nSPS) is 24.8. The Labute approximate surface area is 116 Å². The molecule has 1 aromatic rings. The van der Waals surface area contributed by atoms with E-state index in [1.165, 1.54) is 5.56 Å². The SMILES string of the molecule is OC1CCN(C2(c3cccc(Br)c3)COC2)CC1. The number of nitrogens with zero attached hydrogens (tertiary/aromatic N) is 1. The number of aliphatic hydroxyl groups is 1. The average molecular weight is 312 g/mol. The van der Waals surface area contributed by atoms with Gasteiger partial charge in [-0.3, -0.25) is 4.90 Å². The Morgan fingerprint density at radius 3 is 2.56 bits per heavy atom. The molecule has 3 rings (SSSR count). The molecule has 98 valence electrons. The van der Waals surface area contributed by atoms with Crippen LogP contribution in [0.5, 0.6) is 0 Å². The Kier molecular flexibility index (Phi) is 3.45. The lowest BCUT2D eigenvalue weighted by atomic mass is 9.84. The monoisotopic (exact) mass is 311 g/mol. The quantitative estimate of drug-likeness (QED) is 0.908. The lowest BCUT2D eigenvalue weighted by Crippen LogP contribution is -2.61. The van der Waals surface area contributed by atoms with E-state index in [9.17, 15) is 5.11 Å². The van der Waals surface area contributed by atoms with Gasteiger partial charge in [0.15, 0.2) is 0 Å². The molecule has 0 aliphatic carbocycles. The standard InChI is InChI=1S/C14H18BrNO2/c15-12-3-1-2-11(8-12)14(9-18-10-14)16-6-4-13(17)5-7-16/h1-3,8,13,17H,4-7,9-10H2. The number of piperidine rings is 1. The van der Waals surface area contributed by atoms with Gasteiger partial charge in [-0.25, -0.2) is 0 Å². The first-order valence-electron chi connectivity index (χ1n) is 6.48. The molecule has 0 bridgehead atoms. The smallest absolute Gasteiger partial charge is 0.0934 e. The minimum Gasteiger partial charge on any atom is -0.393 e. The Morgan fingerprint density at radius 1 is 1.28 bits per heavy atom. The zero-order valence-corrected chi connectivity index (χ0v) is 11.9. The summed E-state index contributed by atoms with van der Waals surface area (Å²) in [5.41, 5.74) is 1.35. The van der Waals surface area contributed by atoms with Crippen molar-refractivity contribution in [1.82, 2.24) is 4.90 Å². The summed E-state index contributed by atoms with van der Waals surface area (Å²) in [6.45, 7) is 3.44. The molecular formula is C14H18BrNO2. The molecule has 2 aliphatic heterocycles. The molecule has 2 saturated heterocycles. The summed E-state index contributed by atoms with van der Waals surface area (Å²) in [7, 11) is 0. The summed E-state index contributed by atoms with van der Waals surface area (Å²) in [6, 6.07) is 8.50. The number of benzene rings is 1. The Balaban J connectivity index is 1.86. The second-order valence-corrected chi connectivity index (χ2v) is 6.17. The zero-order valence-electron chi connectivity index (χ0n) is 10.3. The molecular weight excluding hydrogens is 294 g/mol. The number of ether oxygens (including phenoxy) is 1. The second-order valence-electron chi connectivity index (χ2n) is 5.25. The summed E-state index contributed by atoms with van der Waals surface area (Å²) in [5, 5.41) is 9.63. The second kappa shape index (κ2) is 4.93. The maximum atomic E-state index is 9.63. The number of rotatable bonds is 2. The largest absolute Gasteiger partial charge is 0.393 e. The summed E-state index contributed by atoms with van der Waals surface area (Å²) in [6.07, 6.45) is 1.62. The zero-order chi connectivity index (χ0) is 12.6. The van der Waals surface area contributed by atoms with Crippen molar-refractivity contribution < 1.29 is 9.84 Å². The number of likely N-dealkylation sites (tertiary alicyclic amines) is 1. The molecule has 18 heavy (non-hydrogen) atoms. The Hall–Kier alpha value is -0.420. The van der Waals surface area contributed by atoms with E-state index in [0.29, 0.717) is 0 Å². The highest BCUT2D eigenvalue weighted by Gasteiger charge is 2.46. The fourth-order valence-corrected chi connectivity index (χ4v) is 3.30. The molecule has 1 N–H and O–H groups in total. The third-order valence-electron chi connectivity index (χ3n) is 4.11. The average Bonchev–Trinajstić information content (AvgIpc) is 2.30. The topological polar surface area (TPSA) is 32.7 Å². The van der Waals surface area contributed by atoms with Crippen molar-refractivity contribution in [2.45, 2.75) is 24.5 Å². The fraction of sp³-hybridized carbons (Fsp3) is 0.571. The maximum absolute atomic E-state index is 9.63. The van der Waals surface area contributed by atoms with Crippen molar-refractivity contribution >= 4 is 15.9 Å². The van der Waals surface area contributed by atoms with Crippen LogP contribution in [0.3, 0.4) is 0 Å². The molecule has 3 nitrogen and oxygen atoms in total. The van der Waals surface area contributed by atoms with Crippen LogP contribution in [0, 0.1) is 0 Å². The molecule has 0 unspecified atom stereocenters. The third-order valence-corrected chi connectivity index (χ3v) is 4.61. The minimum absolute atomic E-state index is 0.0317. The highest BCUT2D eigenvalue weighted by molar-refractivity contribution is 9.10. The van der Waals surface area contributed by atoms with E-state index in [4.69, 9.17) is 4.74 Å². The van der Waals surface area contributed by atoms with E-state index in [-0.39, 0.29) is 11.6 Å². The molecule has 0 radical (unpaired) electrons. The van der Waals surface area contributed by atoms with Crippen LogP contribution < -0.4 is 0 Å². The van der Waals surface area contributed by atoms with Crippen LogP contribution >= 0.6 is 15.9 Å². The van der Waals surface area contributed by atoms with Crippen molar-refractivity contribution in [3.63, 3.8) is 0 Å². The van der Waals surface area contributed by atoms with Gasteiger partial charge in [0, 0.05) is 17.6 Å². The van der Waals surface area contributed by atoms with Gasteiger partial charge in [-0.1, -0.05) is 28.1 Å². The summed E-state index contributed by atoms with van der Waals surface area (Å²) in [5.74, 6) is 0. The first-order valence-corrected chi connectivity index (χ1v) is 7.27. The Bertz CT molecular complexity index is 426. The van der Waals surface area contributed by atoms with Crippen LogP contribution in [0.4, 0.5) is 0 Å². The van der Waals surface area contributed by atoms with Gasteiger partial charge < -0.3 is 9.84 Å². The van der Waals surface area contributed by atoms with Gasteiger partial charge in [-0.2, -0.15) is 0 Å². The predicted molar refractivity (Wildman–Crippen MR) is 73.5 cm³/mol. The van der Waals surface area contributed by atoms with Gasteiger partial charge in [0.2, 0.25) is 0 Å². The molecule has 0 amide bonds. The molecule has 2 aliphatic rings. The van der Waals surface area contributed by atoms with Crippen molar-refractivity contribution in [3.05, 3.63) is 34.3 Å². The number of halogens is 1. The van der Waals surface area contributed by atoms with Gasteiger partial charge in [-0.05, 0) is 30.5 Å². The summed E-state index contributed by atoms with van der Waals surface area (Å²) < 4.78 is 6.61. The molecule has 2 fully saturated rings. The number of hydrogen-bond donors (Lipinski definition) is 1. The molecule has 4 heteroatoms. The van der Waals surface area contributed by atoms with Crippen LogP contribution in [-0.4, -0.2) is 42.4 Å². The van der Waals surface area contributed by atoms with Gasteiger partial charge >= 0.3 is 0 Å². The molecule has 0 spiro atoms. The van der Waals surface area contributed by atoms with E-state index in [1.54, 1.807) is 0 Å². The van der Waals surface area contributed by atoms with Crippen LogP contribution in [-0.2, 0) is 10.3 Å². The van der Waals surface area contributed by atoms with Crippen LogP contribution in [0.2, 0.25) is 0 Å². The van der Waals surface area contributed by atoms with Crippen molar-refractivity contribution in [2.24, 2.45) is 0 Å². The summed E-state index contributed by atoms with van der Waals surface area (Å²) >= 11 is 3.54.